The molecular formula is C15H21NO2. The van der Waals surface area contributed by atoms with Crippen LogP contribution in [0.25, 0.3) is 0 Å². The maximum atomic E-state index is 11.6. The first kappa shape index (κ1) is 14.3. The highest BCUT2D eigenvalue weighted by Crippen LogP contribution is 2.14. The number of carbonyl (C=O) groups excluding carboxylic acids is 1. The Morgan fingerprint density at radius 3 is 2.56 bits per heavy atom. The highest BCUT2D eigenvalue weighted by molar-refractivity contribution is 5.99. The van der Waals surface area contributed by atoms with Crippen molar-refractivity contribution in [3.05, 3.63) is 36.4 Å². The molecule has 0 fully saturated rings. The van der Waals surface area contributed by atoms with Crippen LogP contribution in [0.1, 0.15) is 26.7 Å². The molecule has 0 saturated heterocycles. The van der Waals surface area contributed by atoms with Gasteiger partial charge in [0.05, 0.1) is 7.11 Å². The van der Waals surface area contributed by atoms with Crippen molar-refractivity contribution in [2.45, 2.75) is 26.7 Å². The van der Waals surface area contributed by atoms with Gasteiger partial charge in [0.2, 0.25) is 5.91 Å². The van der Waals surface area contributed by atoms with Crippen LogP contribution in [0.4, 0.5) is 5.69 Å². The first-order valence-corrected chi connectivity index (χ1v) is 6.23. The lowest BCUT2D eigenvalue weighted by Crippen LogP contribution is -2.07. The summed E-state index contributed by atoms with van der Waals surface area (Å²) in [5.41, 5.74) is 0.773. The quantitative estimate of drug-likeness (QED) is 0.780. The minimum atomic E-state index is -0.0936. The van der Waals surface area contributed by atoms with Crippen molar-refractivity contribution in [1.82, 2.24) is 0 Å². The normalized spacial score (nSPS) is 10.9. The minimum Gasteiger partial charge on any atom is -0.497 e. The van der Waals surface area contributed by atoms with Crippen LogP contribution >= 0.6 is 0 Å². The van der Waals surface area contributed by atoms with Crippen molar-refractivity contribution >= 4 is 11.6 Å². The summed E-state index contributed by atoms with van der Waals surface area (Å²) in [7, 11) is 1.62. The standard InChI is InChI=1S/C15H21NO2/c1-12(2)6-4-5-7-15(17)16-13-8-10-14(18-3)11-9-13/h5,7-12H,4,6H2,1-3H3,(H,16,17). The second-order valence-corrected chi connectivity index (χ2v) is 4.59. The summed E-state index contributed by atoms with van der Waals surface area (Å²) in [6.07, 6.45) is 5.55. The molecule has 0 aliphatic rings. The van der Waals surface area contributed by atoms with E-state index in [0.29, 0.717) is 5.92 Å². The number of ether oxygens (including phenoxy) is 1. The number of methoxy groups -OCH3 is 1. The zero-order valence-electron chi connectivity index (χ0n) is 11.3. The summed E-state index contributed by atoms with van der Waals surface area (Å²) in [5.74, 6) is 1.35. The average molecular weight is 247 g/mol. The summed E-state index contributed by atoms with van der Waals surface area (Å²) in [5, 5.41) is 2.80. The zero-order valence-corrected chi connectivity index (χ0v) is 11.3. The highest BCUT2D eigenvalue weighted by Gasteiger charge is 1.98. The average Bonchev–Trinajstić information content (AvgIpc) is 2.35. The molecule has 0 aromatic heterocycles. The number of rotatable bonds is 6. The molecule has 1 N–H and O–H groups in total. The van der Waals surface area contributed by atoms with E-state index >= 15 is 0 Å². The molecular weight excluding hydrogens is 226 g/mol. The molecule has 0 bridgehead atoms. The summed E-state index contributed by atoms with van der Waals surface area (Å²) < 4.78 is 5.05. The first-order chi connectivity index (χ1) is 8.61. The van der Waals surface area contributed by atoms with Gasteiger partial charge in [-0.25, -0.2) is 0 Å². The summed E-state index contributed by atoms with van der Waals surface area (Å²) >= 11 is 0. The zero-order chi connectivity index (χ0) is 13.4. The van der Waals surface area contributed by atoms with Crippen LogP contribution in [0.3, 0.4) is 0 Å². The molecule has 98 valence electrons. The maximum absolute atomic E-state index is 11.6. The van der Waals surface area contributed by atoms with Crippen molar-refractivity contribution in [1.29, 1.82) is 0 Å². The monoisotopic (exact) mass is 247 g/mol. The number of nitrogens with one attached hydrogen (secondary N) is 1. The van der Waals surface area contributed by atoms with Crippen LogP contribution in [0.5, 0.6) is 5.75 Å². The number of carbonyl (C=O) groups is 1. The summed E-state index contributed by atoms with van der Waals surface area (Å²) in [4.78, 5) is 11.6. The number of anilines is 1. The van der Waals surface area contributed by atoms with Crippen molar-refractivity contribution < 1.29 is 9.53 Å². The smallest absolute Gasteiger partial charge is 0.248 e. The third-order valence-electron chi connectivity index (χ3n) is 2.54. The van der Waals surface area contributed by atoms with E-state index in [4.69, 9.17) is 4.74 Å². The largest absolute Gasteiger partial charge is 0.497 e. The molecule has 0 aliphatic heterocycles. The molecule has 0 radical (unpaired) electrons. The maximum Gasteiger partial charge on any atom is 0.248 e. The Labute approximate surface area is 109 Å². The minimum absolute atomic E-state index is 0.0936. The Balaban J connectivity index is 2.39. The lowest BCUT2D eigenvalue weighted by molar-refractivity contribution is -0.111. The van der Waals surface area contributed by atoms with E-state index in [1.807, 2.05) is 30.3 Å². The summed E-state index contributed by atoms with van der Waals surface area (Å²) in [6.45, 7) is 4.34. The Bertz CT molecular complexity index is 393. The molecule has 1 aromatic carbocycles. The molecule has 0 aliphatic carbocycles. The van der Waals surface area contributed by atoms with E-state index in [0.717, 1.165) is 24.3 Å². The fraction of sp³-hybridized carbons (Fsp3) is 0.400. The highest BCUT2D eigenvalue weighted by atomic mass is 16.5. The molecule has 0 atom stereocenters. The molecule has 1 aromatic rings. The molecule has 3 nitrogen and oxygen atoms in total. The van der Waals surface area contributed by atoms with Crippen molar-refractivity contribution in [3.63, 3.8) is 0 Å². The van der Waals surface area contributed by atoms with Crippen LogP contribution in [-0.2, 0) is 4.79 Å². The van der Waals surface area contributed by atoms with Gasteiger partial charge in [0.25, 0.3) is 0 Å². The fourth-order valence-corrected chi connectivity index (χ4v) is 1.48. The second kappa shape index (κ2) is 7.54. The van der Waals surface area contributed by atoms with Crippen LogP contribution in [0.2, 0.25) is 0 Å². The third-order valence-corrected chi connectivity index (χ3v) is 2.54. The Hall–Kier alpha value is -1.77. The molecule has 3 heteroatoms. The molecule has 0 spiro atoms. The van der Waals surface area contributed by atoms with Crippen molar-refractivity contribution in [2.24, 2.45) is 5.92 Å². The van der Waals surface area contributed by atoms with Crippen LogP contribution in [0.15, 0.2) is 36.4 Å². The number of hydrogen-bond donors (Lipinski definition) is 1. The van der Waals surface area contributed by atoms with Gasteiger partial charge in [0, 0.05) is 5.69 Å². The fourth-order valence-electron chi connectivity index (χ4n) is 1.48. The van der Waals surface area contributed by atoms with E-state index in [1.54, 1.807) is 13.2 Å². The molecule has 1 amide bonds. The van der Waals surface area contributed by atoms with Gasteiger partial charge in [-0.3, -0.25) is 4.79 Å². The predicted molar refractivity (Wildman–Crippen MR) is 74.8 cm³/mol. The Morgan fingerprint density at radius 1 is 1.33 bits per heavy atom. The molecule has 1 rings (SSSR count). The number of hydrogen-bond acceptors (Lipinski definition) is 2. The van der Waals surface area contributed by atoms with E-state index in [2.05, 4.69) is 19.2 Å². The molecule has 0 unspecified atom stereocenters. The van der Waals surface area contributed by atoms with E-state index < -0.39 is 0 Å². The molecule has 18 heavy (non-hydrogen) atoms. The Morgan fingerprint density at radius 2 is 2.00 bits per heavy atom. The van der Waals surface area contributed by atoms with Crippen molar-refractivity contribution in [2.75, 3.05) is 12.4 Å². The van der Waals surface area contributed by atoms with Gasteiger partial charge in [-0.15, -0.1) is 0 Å². The van der Waals surface area contributed by atoms with Gasteiger partial charge in [-0.2, -0.15) is 0 Å². The van der Waals surface area contributed by atoms with Crippen LogP contribution in [0, 0.1) is 5.92 Å². The number of allylic oxidation sites excluding steroid dienone is 1. The Kier molecular flexibility index (Phi) is 5.98. The molecule has 0 heterocycles. The van der Waals surface area contributed by atoms with Gasteiger partial charge in [0.1, 0.15) is 5.75 Å². The molecule has 0 saturated carbocycles. The lowest BCUT2D eigenvalue weighted by atomic mass is 10.1. The predicted octanol–water partition coefficient (Wildman–Crippen LogP) is 3.63. The van der Waals surface area contributed by atoms with Crippen LogP contribution < -0.4 is 10.1 Å². The van der Waals surface area contributed by atoms with Crippen molar-refractivity contribution in [3.8, 4) is 5.75 Å². The third kappa shape index (κ3) is 5.53. The van der Waals surface area contributed by atoms with E-state index in [-0.39, 0.29) is 5.91 Å². The second-order valence-electron chi connectivity index (χ2n) is 4.59. The topological polar surface area (TPSA) is 38.3 Å². The van der Waals surface area contributed by atoms with Gasteiger partial charge < -0.3 is 10.1 Å². The van der Waals surface area contributed by atoms with E-state index in [9.17, 15) is 4.79 Å². The lowest BCUT2D eigenvalue weighted by Gasteiger charge is -2.04. The van der Waals surface area contributed by atoms with Gasteiger partial charge in [-0.05, 0) is 49.1 Å². The SMILES string of the molecule is COc1ccc(NC(=O)C=CCCC(C)C)cc1. The van der Waals surface area contributed by atoms with Gasteiger partial charge in [0.15, 0.2) is 0 Å². The number of benzene rings is 1. The van der Waals surface area contributed by atoms with Gasteiger partial charge in [-0.1, -0.05) is 19.9 Å². The van der Waals surface area contributed by atoms with Gasteiger partial charge >= 0.3 is 0 Å². The summed E-state index contributed by atoms with van der Waals surface area (Å²) in [6, 6.07) is 7.27. The van der Waals surface area contributed by atoms with Crippen LogP contribution in [-0.4, -0.2) is 13.0 Å². The first-order valence-electron chi connectivity index (χ1n) is 6.23. The van der Waals surface area contributed by atoms with E-state index in [1.165, 1.54) is 0 Å². The number of amides is 1.